The lowest BCUT2D eigenvalue weighted by atomic mass is 10.1. The Balaban J connectivity index is 1.66. The molecule has 0 aliphatic heterocycles. The lowest BCUT2D eigenvalue weighted by Gasteiger charge is -2.08. The SMILES string of the molecule is Cc1cccc2c(=O)[nH]c(CSc3nnc(C)n3-c3ccccc3)nc12. The fraction of sp³-hybridized carbons (Fsp3) is 0.158. The molecule has 0 unspecified atom stereocenters. The van der Waals surface area contributed by atoms with Crippen LogP contribution < -0.4 is 5.56 Å². The van der Waals surface area contributed by atoms with Crippen LogP contribution in [0.4, 0.5) is 0 Å². The summed E-state index contributed by atoms with van der Waals surface area (Å²) in [4.78, 5) is 19.8. The van der Waals surface area contributed by atoms with Gasteiger partial charge in [0.2, 0.25) is 0 Å². The molecule has 2 heterocycles. The summed E-state index contributed by atoms with van der Waals surface area (Å²) in [6, 6.07) is 15.6. The summed E-state index contributed by atoms with van der Waals surface area (Å²) < 4.78 is 2.00. The number of aromatic amines is 1. The lowest BCUT2D eigenvalue weighted by molar-refractivity contribution is 0.866. The molecule has 26 heavy (non-hydrogen) atoms. The third-order valence-corrected chi connectivity index (χ3v) is 5.07. The number of nitrogens with zero attached hydrogens (tertiary/aromatic N) is 4. The zero-order valence-electron chi connectivity index (χ0n) is 14.4. The van der Waals surface area contributed by atoms with Gasteiger partial charge < -0.3 is 4.98 Å². The topological polar surface area (TPSA) is 76.5 Å². The summed E-state index contributed by atoms with van der Waals surface area (Å²) in [7, 11) is 0. The molecule has 0 aliphatic rings. The highest BCUT2D eigenvalue weighted by Gasteiger charge is 2.13. The Bertz CT molecular complexity index is 1130. The molecule has 0 atom stereocenters. The maximum atomic E-state index is 12.3. The summed E-state index contributed by atoms with van der Waals surface area (Å²) in [6.07, 6.45) is 0. The largest absolute Gasteiger partial charge is 0.309 e. The van der Waals surface area contributed by atoms with E-state index in [1.807, 2.05) is 60.9 Å². The van der Waals surface area contributed by atoms with Crippen molar-refractivity contribution >= 4 is 22.7 Å². The van der Waals surface area contributed by atoms with Crippen LogP contribution in [-0.2, 0) is 5.75 Å². The summed E-state index contributed by atoms with van der Waals surface area (Å²) in [5, 5.41) is 9.83. The van der Waals surface area contributed by atoms with Crippen LogP contribution in [0.15, 0.2) is 58.5 Å². The minimum atomic E-state index is -0.116. The molecule has 0 amide bonds. The summed E-state index contributed by atoms with van der Waals surface area (Å²) in [6.45, 7) is 3.88. The van der Waals surface area contributed by atoms with Crippen molar-refractivity contribution in [3.8, 4) is 5.69 Å². The number of para-hydroxylation sites is 2. The van der Waals surface area contributed by atoms with Gasteiger partial charge in [0.25, 0.3) is 5.56 Å². The monoisotopic (exact) mass is 363 g/mol. The van der Waals surface area contributed by atoms with E-state index in [9.17, 15) is 4.79 Å². The zero-order valence-corrected chi connectivity index (χ0v) is 15.2. The minimum Gasteiger partial charge on any atom is -0.309 e. The quantitative estimate of drug-likeness (QED) is 0.562. The highest BCUT2D eigenvalue weighted by atomic mass is 32.2. The molecule has 0 spiro atoms. The molecule has 6 nitrogen and oxygen atoms in total. The van der Waals surface area contributed by atoms with Gasteiger partial charge in [0, 0.05) is 5.69 Å². The number of thioether (sulfide) groups is 1. The summed E-state index contributed by atoms with van der Waals surface area (Å²) in [5.74, 6) is 1.95. The first-order chi connectivity index (χ1) is 12.6. The van der Waals surface area contributed by atoms with Crippen LogP contribution in [0.5, 0.6) is 0 Å². The van der Waals surface area contributed by atoms with Crippen LogP contribution in [0.25, 0.3) is 16.6 Å². The molecule has 2 aromatic carbocycles. The number of aromatic nitrogens is 5. The number of benzene rings is 2. The Morgan fingerprint density at radius 3 is 2.65 bits per heavy atom. The molecular weight excluding hydrogens is 346 g/mol. The van der Waals surface area contributed by atoms with Crippen molar-refractivity contribution in [3.05, 3.63) is 76.1 Å². The molecule has 2 aromatic heterocycles. The van der Waals surface area contributed by atoms with Gasteiger partial charge in [-0.05, 0) is 37.6 Å². The maximum Gasteiger partial charge on any atom is 0.258 e. The Hall–Kier alpha value is -2.93. The van der Waals surface area contributed by atoms with E-state index in [1.165, 1.54) is 11.8 Å². The van der Waals surface area contributed by atoms with Gasteiger partial charge in [-0.2, -0.15) is 0 Å². The molecule has 0 saturated heterocycles. The minimum absolute atomic E-state index is 0.116. The van der Waals surface area contributed by atoms with E-state index in [2.05, 4.69) is 20.2 Å². The van der Waals surface area contributed by atoms with E-state index >= 15 is 0 Å². The second kappa shape index (κ2) is 6.76. The third kappa shape index (κ3) is 3.01. The Labute approximate surface area is 154 Å². The van der Waals surface area contributed by atoms with Crippen LogP contribution in [-0.4, -0.2) is 24.7 Å². The Kier molecular flexibility index (Phi) is 4.30. The fourth-order valence-electron chi connectivity index (χ4n) is 2.86. The maximum absolute atomic E-state index is 12.3. The van der Waals surface area contributed by atoms with Crippen molar-refractivity contribution in [3.63, 3.8) is 0 Å². The van der Waals surface area contributed by atoms with E-state index < -0.39 is 0 Å². The molecule has 7 heteroatoms. The molecule has 0 saturated carbocycles. The van der Waals surface area contributed by atoms with Gasteiger partial charge in [-0.1, -0.05) is 42.1 Å². The van der Waals surface area contributed by atoms with E-state index in [4.69, 9.17) is 0 Å². The number of rotatable bonds is 4. The number of aryl methyl sites for hydroxylation is 2. The van der Waals surface area contributed by atoms with Crippen LogP contribution >= 0.6 is 11.8 Å². The molecule has 1 N–H and O–H groups in total. The van der Waals surface area contributed by atoms with Gasteiger partial charge in [0.15, 0.2) is 5.16 Å². The highest BCUT2D eigenvalue weighted by molar-refractivity contribution is 7.98. The molecule has 4 aromatic rings. The van der Waals surface area contributed by atoms with Crippen molar-refractivity contribution < 1.29 is 0 Å². The molecule has 0 radical (unpaired) electrons. The molecule has 4 rings (SSSR count). The first-order valence-electron chi connectivity index (χ1n) is 8.22. The Morgan fingerprint density at radius 2 is 1.85 bits per heavy atom. The predicted octanol–water partition coefficient (Wildman–Crippen LogP) is 3.41. The number of H-pyrrole nitrogens is 1. The van der Waals surface area contributed by atoms with Crippen LogP contribution in [0.2, 0.25) is 0 Å². The molecule has 0 aliphatic carbocycles. The van der Waals surface area contributed by atoms with Crippen molar-refractivity contribution in [2.45, 2.75) is 24.8 Å². The van der Waals surface area contributed by atoms with Crippen molar-refractivity contribution in [2.24, 2.45) is 0 Å². The number of fused-ring (bicyclic) bond motifs is 1. The first kappa shape index (κ1) is 16.5. The van der Waals surface area contributed by atoms with Crippen molar-refractivity contribution in [1.29, 1.82) is 0 Å². The number of nitrogens with one attached hydrogen (secondary N) is 1. The van der Waals surface area contributed by atoms with Gasteiger partial charge >= 0.3 is 0 Å². The first-order valence-corrected chi connectivity index (χ1v) is 9.21. The number of hydrogen-bond acceptors (Lipinski definition) is 5. The molecule has 130 valence electrons. The summed E-state index contributed by atoms with van der Waals surface area (Å²) in [5.41, 5.74) is 2.62. The summed E-state index contributed by atoms with van der Waals surface area (Å²) >= 11 is 1.50. The standard InChI is InChI=1S/C19H17N5OS/c1-12-7-6-10-15-17(12)20-16(21-18(15)25)11-26-19-23-22-13(2)24(19)14-8-4-3-5-9-14/h3-10H,11H2,1-2H3,(H,20,21,25). The normalized spacial score (nSPS) is 11.2. The number of hydrogen-bond donors (Lipinski definition) is 1. The van der Waals surface area contributed by atoms with Gasteiger partial charge in [-0.15, -0.1) is 10.2 Å². The average molecular weight is 363 g/mol. The molecule has 0 fully saturated rings. The second-order valence-corrected chi connectivity index (χ2v) is 6.92. The van der Waals surface area contributed by atoms with Gasteiger partial charge in [0.05, 0.1) is 16.7 Å². The van der Waals surface area contributed by atoms with Crippen LogP contribution in [0, 0.1) is 13.8 Å². The van der Waals surface area contributed by atoms with Crippen LogP contribution in [0.3, 0.4) is 0 Å². The van der Waals surface area contributed by atoms with Gasteiger partial charge in [-0.25, -0.2) is 4.98 Å². The predicted molar refractivity (Wildman–Crippen MR) is 103 cm³/mol. The average Bonchev–Trinajstić information content (AvgIpc) is 3.02. The van der Waals surface area contributed by atoms with Gasteiger partial charge in [-0.3, -0.25) is 9.36 Å². The van der Waals surface area contributed by atoms with E-state index in [0.29, 0.717) is 17.0 Å². The van der Waals surface area contributed by atoms with E-state index in [-0.39, 0.29) is 5.56 Å². The molecular formula is C19H17N5OS. The van der Waals surface area contributed by atoms with E-state index in [0.717, 1.165) is 27.7 Å². The van der Waals surface area contributed by atoms with Crippen LogP contribution in [0.1, 0.15) is 17.2 Å². The highest BCUT2D eigenvalue weighted by Crippen LogP contribution is 2.24. The zero-order chi connectivity index (χ0) is 18.1. The molecule has 0 bridgehead atoms. The fourth-order valence-corrected chi connectivity index (χ4v) is 3.73. The smallest absolute Gasteiger partial charge is 0.258 e. The van der Waals surface area contributed by atoms with Gasteiger partial charge in [0.1, 0.15) is 11.6 Å². The van der Waals surface area contributed by atoms with E-state index in [1.54, 1.807) is 6.07 Å². The Morgan fingerprint density at radius 1 is 1.04 bits per heavy atom. The van der Waals surface area contributed by atoms with Crippen molar-refractivity contribution in [1.82, 2.24) is 24.7 Å². The van der Waals surface area contributed by atoms with Crippen molar-refractivity contribution in [2.75, 3.05) is 0 Å². The lowest BCUT2D eigenvalue weighted by Crippen LogP contribution is -2.12. The third-order valence-electron chi connectivity index (χ3n) is 4.13. The second-order valence-electron chi connectivity index (χ2n) is 5.97.